The number of hydrogen-bond donors (Lipinski definition) is 2. The number of carbonyl (C=O) groups excluding carboxylic acids is 3. The second-order valence-electron chi connectivity index (χ2n) is 12.4. The highest BCUT2D eigenvalue weighted by Crippen LogP contribution is 2.59. The Morgan fingerprint density at radius 2 is 1.88 bits per heavy atom. The third kappa shape index (κ3) is 6.32. The zero-order valence-electron chi connectivity index (χ0n) is 25.2. The molecule has 2 fully saturated rings. The van der Waals surface area contributed by atoms with Crippen molar-refractivity contribution >= 4 is 23.4 Å². The molecule has 4 aliphatic rings. The number of nitrogens with one attached hydrogen (secondary N) is 2. The molecule has 2 aromatic rings. The van der Waals surface area contributed by atoms with Crippen molar-refractivity contribution in [3.63, 3.8) is 0 Å². The predicted octanol–water partition coefficient (Wildman–Crippen LogP) is 5.73. The number of rotatable bonds is 10. The average Bonchev–Trinajstić information content (AvgIpc) is 3.20. The van der Waals surface area contributed by atoms with Gasteiger partial charge in [-0.3, -0.25) is 14.4 Å². The van der Waals surface area contributed by atoms with Crippen molar-refractivity contribution < 1.29 is 23.9 Å². The summed E-state index contributed by atoms with van der Waals surface area (Å²) in [4.78, 5) is 39.9. The quantitative estimate of drug-likeness (QED) is 0.354. The Morgan fingerprint density at radius 3 is 2.57 bits per heavy atom. The second kappa shape index (κ2) is 12.6. The summed E-state index contributed by atoms with van der Waals surface area (Å²) in [5.41, 5.74) is 3.81. The van der Waals surface area contributed by atoms with E-state index in [2.05, 4.69) is 30.6 Å². The normalized spacial score (nSPS) is 22.5. The highest BCUT2D eigenvalue weighted by Gasteiger charge is 2.50. The summed E-state index contributed by atoms with van der Waals surface area (Å²) in [6.07, 6.45) is 8.11. The van der Waals surface area contributed by atoms with E-state index in [1.807, 2.05) is 18.2 Å². The predicted molar refractivity (Wildman–Crippen MR) is 162 cm³/mol. The molecular weight excluding hydrogens is 530 g/mol. The average molecular weight is 574 g/mol. The van der Waals surface area contributed by atoms with Gasteiger partial charge in [-0.2, -0.15) is 0 Å². The van der Waals surface area contributed by atoms with E-state index in [0.717, 1.165) is 30.7 Å². The van der Waals surface area contributed by atoms with Gasteiger partial charge in [-0.05, 0) is 91.3 Å². The number of anilines is 1. The Morgan fingerprint density at radius 1 is 1.10 bits per heavy atom. The van der Waals surface area contributed by atoms with Crippen molar-refractivity contribution in [2.24, 2.45) is 17.3 Å². The van der Waals surface area contributed by atoms with Gasteiger partial charge < -0.3 is 25.0 Å². The lowest BCUT2D eigenvalue weighted by Crippen LogP contribution is -2.48. The molecule has 0 aromatic heterocycles. The van der Waals surface area contributed by atoms with Gasteiger partial charge in [0.1, 0.15) is 6.04 Å². The molecule has 0 unspecified atom stereocenters. The first-order chi connectivity index (χ1) is 20.2. The van der Waals surface area contributed by atoms with Gasteiger partial charge in [0.15, 0.2) is 11.5 Å². The van der Waals surface area contributed by atoms with Gasteiger partial charge in [0.05, 0.1) is 13.7 Å². The standard InChI is InChI=1S/C34H43N3O5/c1-22(38)36-27-13-10-25(11-14-27)33(40)37(29-7-5-6-17-35-32(29)39)21-23-8-15-30(31(19-23)41-4)42-18-16-24-9-12-26-20-28(24)34(26,2)3/h8-11,13-15,19,26,28-29H,5-7,12,16-18,20-21H2,1-4H3,(H,35,39)(H,36,38)/t26-,28-,29-/m0/s1. The van der Waals surface area contributed by atoms with Crippen LogP contribution in [0.5, 0.6) is 11.5 Å². The molecule has 1 aliphatic heterocycles. The van der Waals surface area contributed by atoms with Crippen LogP contribution in [0, 0.1) is 17.3 Å². The summed E-state index contributed by atoms with van der Waals surface area (Å²) in [5.74, 6) is 2.19. The van der Waals surface area contributed by atoms with Crippen molar-refractivity contribution in [2.75, 3.05) is 25.6 Å². The lowest BCUT2D eigenvalue weighted by Gasteiger charge is -2.56. The van der Waals surface area contributed by atoms with Gasteiger partial charge in [0, 0.05) is 37.7 Å². The number of hydrogen-bond acceptors (Lipinski definition) is 5. The second-order valence-corrected chi connectivity index (χ2v) is 12.4. The molecule has 1 saturated carbocycles. The summed E-state index contributed by atoms with van der Waals surface area (Å²) in [7, 11) is 1.62. The monoisotopic (exact) mass is 573 g/mol. The molecule has 2 aromatic carbocycles. The summed E-state index contributed by atoms with van der Waals surface area (Å²) < 4.78 is 11.9. The van der Waals surface area contributed by atoms with Crippen LogP contribution in [0.3, 0.4) is 0 Å². The molecule has 6 rings (SSSR count). The van der Waals surface area contributed by atoms with Crippen LogP contribution in [0.2, 0.25) is 0 Å². The van der Waals surface area contributed by atoms with Crippen LogP contribution in [0.1, 0.15) is 75.2 Å². The van der Waals surface area contributed by atoms with E-state index >= 15 is 0 Å². The van der Waals surface area contributed by atoms with E-state index in [9.17, 15) is 14.4 Å². The Kier molecular flexibility index (Phi) is 8.90. The Balaban J connectivity index is 1.31. The highest BCUT2D eigenvalue weighted by molar-refractivity contribution is 5.98. The van der Waals surface area contributed by atoms with Crippen molar-refractivity contribution in [3.8, 4) is 11.5 Å². The van der Waals surface area contributed by atoms with E-state index in [0.29, 0.717) is 53.7 Å². The molecule has 3 amide bonds. The maximum Gasteiger partial charge on any atom is 0.254 e. The minimum absolute atomic E-state index is 0.138. The number of methoxy groups -OCH3 is 1. The van der Waals surface area contributed by atoms with Crippen LogP contribution in [-0.4, -0.2) is 48.9 Å². The lowest BCUT2D eigenvalue weighted by molar-refractivity contribution is -0.125. The third-order valence-corrected chi connectivity index (χ3v) is 9.41. The first-order valence-corrected chi connectivity index (χ1v) is 15.1. The Labute approximate surface area is 248 Å². The first kappa shape index (κ1) is 29.7. The van der Waals surface area contributed by atoms with Gasteiger partial charge in [-0.25, -0.2) is 0 Å². The topological polar surface area (TPSA) is 97.0 Å². The molecular formula is C34H43N3O5. The van der Waals surface area contributed by atoms with Gasteiger partial charge in [0.25, 0.3) is 5.91 Å². The number of carbonyl (C=O) groups is 3. The fourth-order valence-electron chi connectivity index (χ4n) is 6.77. The minimum Gasteiger partial charge on any atom is -0.493 e. The van der Waals surface area contributed by atoms with Crippen LogP contribution in [0.15, 0.2) is 54.1 Å². The van der Waals surface area contributed by atoms with E-state index in [1.54, 1.807) is 36.3 Å². The van der Waals surface area contributed by atoms with Gasteiger partial charge in [-0.1, -0.05) is 31.6 Å². The minimum atomic E-state index is -0.587. The van der Waals surface area contributed by atoms with Crippen LogP contribution < -0.4 is 20.1 Å². The number of fused-ring (bicyclic) bond motifs is 1. The number of allylic oxidation sites excluding steroid dienone is 1. The Bertz CT molecular complexity index is 1350. The van der Waals surface area contributed by atoms with Crippen molar-refractivity contribution in [1.29, 1.82) is 0 Å². The molecule has 2 bridgehead atoms. The zero-order valence-corrected chi connectivity index (χ0v) is 25.2. The van der Waals surface area contributed by atoms with Gasteiger partial charge in [0.2, 0.25) is 11.8 Å². The van der Waals surface area contributed by atoms with Crippen LogP contribution in [-0.2, 0) is 16.1 Å². The highest BCUT2D eigenvalue weighted by atomic mass is 16.5. The van der Waals surface area contributed by atoms with Gasteiger partial charge in [-0.15, -0.1) is 0 Å². The number of amides is 3. The summed E-state index contributed by atoms with van der Waals surface area (Å²) >= 11 is 0. The lowest BCUT2D eigenvalue weighted by atomic mass is 9.48. The van der Waals surface area contributed by atoms with E-state index in [-0.39, 0.29) is 24.3 Å². The maximum absolute atomic E-state index is 13.8. The van der Waals surface area contributed by atoms with Crippen molar-refractivity contribution in [2.45, 2.75) is 71.9 Å². The number of nitrogens with zero attached hydrogens (tertiary/aromatic N) is 1. The third-order valence-electron chi connectivity index (χ3n) is 9.41. The molecule has 2 N–H and O–H groups in total. The van der Waals surface area contributed by atoms with E-state index < -0.39 is 6.04 Å². The zero-order chi connectivity index (χ0) is 29.9. The summed E-state index contributed by atoms with van der Waals surface area (Å²) in [5, 5.41) is 5.68. The van der Waals surface area contributed by atoms with E-state index in [1.165, 1.54) is 25.3 Å². The molecule has 8 nitrogen and oxygen atoms in total. The molecule has 42 heavy (non-hydrogen) atoms. The van der Waals surface area contributed by atoms with Crippen molar-refractivity contribution in [1.82, 2.24) is 10.2 Å². The molecule has 224 valence electrons. The SMILES string of the molecule is COc1cc(CN(C(=O)c2ccc(NC(C)=O)cc2)[C@H]2CCCCNC2=O)ccc1OCCC1=CC[C@H]2C[C@@H]1C2(C)C. The summed E-state index contributed by atoms with van der Waals surface area (Å²) in [6.45, 7) is 7.64. The molecule has 0 radical (unpaired) electrons. The molecule has 0 spiro atoms. The molecule has 1 heterocycles. The largest absolute Gasteiger partial charge is 0.493 e. The first-order valence-electron chi connectivity index (χ1n) is 15.1. The molecule has 8 heteroatoms. The Hall–Kier alpha value is -3.81. The van der Waals surface area contributed by atoms with Crippen LogP contribution >= 0.6 is 0 Å². The fourth-order valence-corrected chi connectivity index (χ4v) is 6.77. The molecule has 1 saturated heterocycles. The fraction of sp³-hybridized carbons (Fsp3) is 0.500. The number of benzene rings is 2. The van der Waals surface area contributed by atoms with Crippen LogP contribution in [0.25, 0.3) is 0 Å². The maximum atomic E-state index is 13.8. The van der Waals surface area contributed by atoms with Crippen molar-refractivity contribution in [3.05, 3.63) is 65.2 Å². The van der Waals surface area contributed by atoms with Crippen LogP contribution in [0.4, 0.5) is 5.69 Å². The molecule has 3 aliphatic carbocycles. The van der Waals surface area contributed by atoms with Gasteiger partial charge >= 0.3 is 0 Å². The number of ether oxygens (including phenoxy) is 2. The molecule has 3 atom stereocenters. The van der Waals surface area contributed by atoms with E-state index in [4.69, 9.17) is 9.47 Å². The smallest absolute Gasteiger partial charge is 0.254 e. The summed E-state index contributed by atoms with van der Waals surface area (Å²) in [6, 6.07) is 11.9.